The van der Waals surface area contributed by atoms with Crippen LogP contribution in [0.2, 0.25) is 0 Å². The van der Waals surface area contributed by atoms with E-state index in [9.17, 15) is 4.79 Å². The lowest BCUT2D eigenvalue weighted by Gasteiger charge is -2.11. The molecule has 0 aliphatic rings. The van der Waals surface area contributed by atoms with Crippen molar-refractivity contribution in [3.8, 4) is 22.6 Å². The molecule has 28 heavy (non-hydrogen) atoms. The van der Waals surface area contributed by atoms with E-state index in [-0.39, 0.29) is 12.3 Å². The smallest absolute Gasteiger partial charge is 0.229 e. The standard InChI is InChI=1S/C21H22BrN3O3/c1-13-20(15-6-8-16(22)9-7-15)21(25(2)24-13)23-19(26)12-14-5-10-17(27-3)18(11-14)28-4/h5-11H,12H2,1-4H3,(H,23,26). The van der Waals surface area contributed by atoms with Gasteiger partial charge in [0.1, 0.15) is 5.82 Å². The second-order valence-corrected chi connectivity index (χ2v) is 7.27. The highest BCUT2D eigenvalue weighted by atomic mass is 79.9. The van der Waals surface area contributed by atoms with E-state index < -0.39 is 0 Å². The summed E-state index contributed by atoms with van der Waals surface area (Å²) in [6.07, 6.45) is 0.213. The van der Waals surface area contributed by atoms with Crippen LogP contribution < -0.4 is 14.8 Å². The number of nitrogens with one attached hydrogen (secondary N) is 1. The first-order chi connectivity index (χ1) is 13.4. The number of carbonyl (C=O) groups excluding carboxylic acids is 1. The highest BCUT2D eigenvalue weighted by Crippen LogP contribution is 2.32. The number of rotatable bonds is 6. The first kappa shape index (κ1) is 19.9. The second kappa shape index (κ2) is 8.48. The lowest BCUT2D eigenvalue weighted by Crippen LogP contribution is -2.17. The summed E-state index contributed by atoms with van der Waals surface area (Å²) in [6.45, 7) is 1.93. The molecule has 0 spiro atoms. The molecule has 0 unspecified atom stereocenters. The molecule has 0 atom stereocenters. The van der Waals surface area contributed by atoms with E-state index in [4.69, 9.17) is 9.47 Å². The van der Waals surface area contributed by atoms with Gasteiger partial charge < -0.3 is 14.8 Å². The Hall–Kier alpha value is -2.80. The van der Waals surface area contributed by atoms with Gasteiger partial charge in [-0.05, 0) is 42.3 Å². The maximum Gasteiger partial charge on any atom is 0.229 e. The largest absolute Gasteiger partial charge is 0.493 e. The van der Waals surface area contributed by atoms with Crippen LogP contribution in [-0.4, -0.2) is 29.9 Å². The number of aryl methyl sites for hydroxylation is 2. The van der Waals surface area contributed by atoms with Crippen LogP contribution in [-0.2, 0) is 18.3 Å². The summed E-state index contributed by atoms with van der Waals surface area (Å²) in [6, 6.07) is 13.4. The zero-order valence-corrected chi connectivity index (χ0v) is 17.8. The van der Waals surface area contributed by atoms with Crippen LogP contribution in [0, 0.1) is 6.92 Å². The van der Waals surface area contributed by atoms with Gasteiger partial charge in [-0.1, -0.05) is 34.1 Å². The third kappa shape index (κ3) is 4.20. The number of ether oxygens (including phenoxy) is 2. The minimum Gasteiger partial charge on any atom is -0.493 e. The van der Waals surface area contributed by atoms with Crippen molar-refractivity contribution in [1.82, 2.24) is 9.78 Å². The summed E-state index contributed by atoms with van der Waals surface area (Å²) in [5.74, 6) is 1.77. The molecular weight excluding hydrogens is 422 g/mol. The topological polar surface area (TPSA) is 65.4 Å². The average Bonchev–Trinajstić information content (AvgIpc) is 2.95. The van der Waals surface area contributed by atoms with E-state index in [1.165, 1.54) is 0 Å². The van der Waals surface area contributed by atoms with Gasteiger partial charge in [0.05, 0.1) is 26.3 Å². The van der Waals surface area contributed by atoms with Gasteiger partial charge >= 0.3 is 0 Å². The van der Waals surface area contributed by atoms with Crippen molar-refractivity contribution >= 4 is 27.7 Å². The molecule has 1 heterocycles. The number of anilines is 1. The molecule has 1 amide bonds. The minimum atomic E-state index is -0.131. The van der Waals surface area contributed by atoms with E-state index >= 15 is 0 Å². The molecule has 3 aromatic rings. The number of nitrogens with zero attached hydrogens (tertiary/aromatic N) is 2. The molecule has 146 valence electrons. The highest BCUT2D eigenvalue weighted by Gasteiger charge is 2.18. The van der Waals surface area contributed by atoms with Gasteiger partial charge in [-0.15, -0.1) is 0 Å². The Morgan fingerprint density at radius 1 is 1.11 bits per heavy atom. The molecule has 0 aliphatic carbocycles. The van der Waals surface area contributed by atoms with Crippen LogP contribution in [0.15, 0.2) is 46.9 Å². The fourth-order valence-electron chi connectivity index (χ4n) is 3.12. The number of methoxy groups -OCH3 is 2. The second-order valence-electron chi connectivity index (χ2n) is 6.35. The third-order valence-corrected chi connectivity index (χ3v) is 4.95. The van der Waals surface area contributed by atoms with Crippen LogP contribution in [0.25, 0.3) is 11.1 Å². The molecule has 3 rings (SSSR count). The first-order valence-electron chi connectivity index (χ1n) is 8.73. The molecule has 0 fully saturated rings. The number of amides is 1. The van der Waals surface area contributed by atoms with Crippen molar-refractivity contribution in [2.75, 3.05) is 19.5 Å². The first-order valence-corrected chi connectivity index (χ1v) is 9.52. The van der Waals surface area contributed by atoms with Crippen LogP contribution in [0.4, 0.5) is 5.82 Å². The Morgan fingerprint density at radius 3 is 2.43 bits per heavy atom. The lowest BCUT2D eigenvalue weighted by molar-refractivity contribution is -0.115. The van der Waals surface area contributed by atoms with Crippen molar-refractivity contribution in [3.05, 3.63) is 58.2 Å². The Kier molecular flexibility index (Phi) is 6.04. The molecular formula is C21H22BrN3O3. The number of hydrogen-bond acceptors (Lipinski definition) is 4. The summed E-state index contributed by atoms with van der Waals surface area (Å²) in [7, 11) is 4.98. The maximum atomic E-state index is 12.7. The lowest BCUT2D eigenvalue weighted by atomic mass is 10.1. The Morgan fingerprint density at radius 2 is 1.79 bits per heavy atom. The molecule has 6 nitrogen and oxygen atoms in total. The molecule has 0 aliphatic heterocycles. The predicted molar refractivity (Wildman–Crippen MR) is 113 cm³/mol. The van der Waals surface area contributed by atoms with Crippen LogP contribution in [0.1, 0.15) is 11.3 Å². The number of aromatic nitrogens is 2. The molecule has 7 heteroatoms. The predicted octanol–water partition coefficient (Wildman–Crippen LogP) is 4.36. The quantitative estimate of drug-likeness (QED) is 0.614. The highest BCUT2D eigenvalue weighted by molar-refractivity contribution is 9.10. The fraction of sp³-hybridized carbons (Fsp3) is 0.238. The van der Waals surface area contributed by atoms with Gasteiger partial charge in [0.15, 0.2) is 11.5 Å². The van der Waals surface area contributed by atoms with Gasteiger partial charge in [0.25, 0.3) is 0 Å². The number of halogens is 1. The monoisotopic (exact) mass is 443 g/mol. The van der Waals surface area contributed by atoms with Crippen molar-refractivity contribution in [3.63, 3.8) is 0 Å². The van der Waals surface area contributed by atoms with Crippen molar-refractivity contribution < 1.29 is 14.3 Å². The van der Waals surface area contributed by atoms with E-state index in [2.05, 4.69) is 26.3 Å². The minimum absolute atomic E-state index is 0.131. The van der Waals surface area contributed by atoms with Crippen LogP contribution in [0.3, 0.4) is 0 Å². The number of hydrogen-bond donors (Lipinski definition) is 1. The Balaban J connectivity index is 1.84. The molecule has 0 radical (unpaired) electrons. The number of carbonyl (C=O) groups is 1. The summed E-state index contributed by atoms with van der Waals surface area (Å²) in [5, 5.41) is 7.48. The van der Waals surface area contributed by atoms with Crippen molar-refractivity contribution in [1.29, 1.82) is 0 Å². The molecule has 2 aromatic carbocycles. The van der Waals surface area contributed by atoms with Gasteiger partial charge in [-0.2, -0.15) is 5.10 Å². The maximum absolute atomic E-state index is 12.7. The van der Waals surface area contributed by atoms with Crippen LogP contribution >= 0.6 is 15.9 Å². The molecule has 0 saturated carbocycles. The van der Waals surface area contributed by atoms with Crippen molar-refractivity contribution in [2.45, 2.75) is 13.3 Å². The van der Waals surface area contributed by atoms with E-state index in [0.29, 0.717) is 17.3 Å². The Labute approximate surface area is 172 Å². The van der Waals surface area contributed by atoms with Gasteiger partial charge in [-0.25, -0.2) is 0 Å². The molecule has 1 N–H and O–H groups in total. The van der Waals surface area contributed by atoms with E-state index in [1.807, 2.05) is 50.4 Å². The summed E-state index contributed by atoms with van der Waals surface area (Å²) < 4.78 is 13.2. The summed E-state index contributed by atoms with van der Waals surface area (Å²) in [5.41, 5.74) is 3.59. The van der Waals surface area contributed by atoms with Gasteiger partial charge in [-0.3, -0.25) is 9.48 Å². The molecule has 0 bridgehead atoms. The van der Waals surface area contributed by atoms with Crippen molar-refractivity contribution in [2.24, 2.45) is 7.05 Å². The zero-order chi connectivity index (χ0) is 20.3. The fourth-order valence-corrected chi connectivity index (χ4v) is 3.38. The van der Waals surface area contributed by atoms with Gasteiger partial charge in [0, 0.05) is 17.1 Å². The Bertz CT molecular complexity index is 997. The third-order valence-electron chi connectivity index (χ3n) is 4.43. The van der Waals surface area contributed by atoms with E-state index in [1.54, 1.807) is 25.0 Å². The SMILES string of the molecule is COc1ccc(CC(=O)Nc2c(-c3ccc(Br)cc3)c(C)nn2C)cc1OC. The van der Waals surface area contributed by atoms with Gasteiger partial charge in [0.2, 0.25) is 5.91 Å². The zero-order valence-electron chi connectivity index (χ0n) is 16.2. The molecule has 1 aromatic heterocycles. The summed E-state index contributed by atoms with van der Waals surface area (Å²) in [4.78, 5) is 12.7. The summed E-state index contributed by atoms with van der Waals surface area (Å²) >= 11 is 3.45. The molecule has 0 saturated heterocycles. The number of benzene rings is 2. The van der Waals surface area contributed by atoms with E-state index in [0.717, 1.165) is 26.9 Å². The van der Waals surface area contributed by atoms with Crippen LogP contribution in [0.5, 0.6) is 11.5 Å². The average molecular weight is 444 g/mol. The normalized spacial score (nSPS) is 10.6.